The Morgan fingerprint density at radius 2 is 1.74 bits per heavy atom. The number of halogens is 3. The summed E-state index contributed by atoms with van der Waals surface area (Å²) in [7, 11) is 0. The number of benzene rings is 3. The van der Waals surface area contributed by atoms with Gasteiger partial charge in [0, 0.05) is 21.8 Å². The number of anilines is 1. The average molecular weight is 575 g/mol. The van der Waals surface area contributed by atoms with Crippen molar-refractivity contribution in [3.05, 3.63) is 99.0 Å². The van der Waals surface area contributed by atoms with Gasteiger partial charge in [-0.3, -0.25) is 9.59 Å². The van der Waals surface area contributed by atoms with E-state index in [0.717, 1.165) is 11.1 Å². The van der Waals surface area contributed by atoms with Crippen molar-refractivity contribution in [3.8, 4) is 11.5 Å². The highest BCUT2D eigenvalue weighted by atomic mass is 35.5. The lowest BCUT2D eigenvalue weighted by Gasteiger charge is -2.17. The highest BCUT2D eigenvalue weighted by molar-refractivity contribution is 6.42. The second kappa shape index (κ2) is 14.4. The van der Waals surface area contributed by atoms with Crippen molar-refractivity contribution in [1.82, 2.24) is 5.43 Å². The van der Waals surface area contributed by atoms with Crippen molar-refractivity contribution < 1.29 is 19.1 Å². The highest BCUT2D eigenvalue weighted by Gasteiger charge is 2.14. The molecule has 7 nitrogen and oxygen atoms in total. The molecule has 0 aliphatic carbocycles. The van der Waals surface area contributed by atoms with E-state index in [9.17, 15) is 9.59 Å². The third-order valence-electron chi connectivity index (χ3n) is 5.08. The molecule has 0 heterocycles. The Morgan fingerprint density at radius 1 is 0.947 bits per heavy atom. The first-order valence-corrected chi connectivity index (χ1v) is 12.8. The third kappa shape index (κ3) is 8.52. The van der Waals surface area contributed by atoms with Gasteiger partial charge >= 0.3 is 0 Å². The summed E-state index contributed by atoms with van der Waals surface area (Å²) in [6.07, 6.45) is 3.30. The van der Waals surface area contributed by atoms with Gasteiger partial charge < -0.3 is 14.8 Å². The monoisotopic (exact) mass is 573 g/mol. The van der Waals surface area contributed by atoms with Crippen molar-refractivity contribution in [2.75, 3.05) is 11.9 Å². The molecule has 3 rings (SSSR count). The van der Waals surface area contributed by atoms with Gasteiger partial charge in [0.25, 0.3) is 0 Å². The highest BCUT2D eigenvalue weighted by Crippen LogP contribution is 2.35. The maximum atomic E-state index is 12.2. The van der Waals surface area contributed by atoms with Crippen molar-refractivity contribution in [3.63, 3.8) is 0 Å². The molecule has 0 aromatic heterocycles. The average Bonchev–Trinajstić information content (AvgIpc) is 2.87. The van der Waals surface area contributed by atoms with E-state index >= 15 is 0 Å². The summed E-state index contributed by atoms with van der Waals surface area (Å²) in [6.45, 7) is 6.38. The minimum atomic E-state index is -0.588. The Kier molecular flexibility index (Phi) is 11.0. The molecule has 3 aromatic carbocycles. The van der Waals surface area contributed by atoms with Gasteiger partial charge in [0.2, 0.25) is 11.8 Å². The van der Waals surface area contributed by atoms with E-state index in [1.807, 2.05) is 31.2 Å². The number of nitrogens with zero attached hydrogens (tertiary/aromatic N) is 1. The predicted octanol–water partition coefficient (Wildman–Crippen LogP) is 6.83. The molecule has 38 heavy (non-hydrogen) atoms. The van der Waals surface area contributed by atoms with Gasteiger partial charge in [-0.1, -0.05) is 59.1 Å². The molecule has 10 heteroatoms. The Hall–Kier alpha value is -3.52. The molecule has 0 fully saturated rings. The fourth-order valence-electron chi connectivity index (χ4n) is 3.40. The normalized spacial score (nSPS) is 10.7. The summed E-state index contributed by atoms with van der Waals surface area (Å²) < 4.78 is 11.9. The number of ether oxygens (including phenoxy) is 2. The van der Waals surface area contributed by atoms with Crippen LogP contribution in [0.25, 0.3) is 0 Å². The largest absolute Gasteiger partial charge is 0.490 e. The van der Waals surface area contributed by atoms with Gasteiger partial charge in [-0.25, -0.2) is 5.43 Å². The number of hydrogen-bond donors (Lipinski definition) is 2. The van der Waals surface area contributed by atoms with Crippen molar-refractivity contribution >= 4 is 58.5 Å². The van der Waals surface area contributed by atoms with Crippen LogP contribution in [-0.2, 0) is 22.6 Å². The summed E-state index contributed by atoms with van der Waals surface area (Å²) in [5.41, 5.74) is 5.11. The van der Waals surface area contributed by atoms with Crippen molar-refractivity contribution in [2.45, 2.75) is 26.4 Å². The molecular formula is C28H26Cl3N3O4. The van der Waals surface area contributed by atoms with E-state index in [0.29, 0.717) is 50.8 Å². The van der Waals surface area contributed by atoms with Gasteiger partial charge in [0.05, 0.1) is 22.9 Å². The zero-order chi connectivity index (χ0) is 27.5. The number of nitrogens with one attached hydrogen (secondary N) is 2. The number of allylic oxidation sites excluding steroid dienone is 1. The number of carbonyl (C=O) groups excluding carboxylic acids is 2. The molecule has 2 amide bonds. The van der Waals surface area contributed by atoms with Crippen LogP contribution in [0.15, 0.2) is 72.4 Å². The maximum Gasteiger partial charge on any atom is 0.249 e. The molecule has 3 aromatic rings. The number of hydrogen-bond acceptors (Lipinski definition) is 5. The van der Waals surface area contributed by atoms with Gasteiger partial charge in [0.1, 0.15) is 13.0 Å². The van der Waals surface area contributed by atoms with Crippen LogP contribution in [0.5, 0.6) is 11.5 Å². The first-order valence-electron chi connectivity index (χ1n) is 11.6. The first-order chi connectivity index (χ1) is 18.3. The minimum Gasteiger partial charge on any atom is -0.490 e. The topological polar surface area (TPSA) is 89.0 Å². The van der Waals surface area contributed by atoms with Crippen LogP contribution in [0.3, 0.4) is 0 Å². The molecule has 0 saturated heterocycles. The fourth-order valence-corrected chi connectivity index (χ4v) is 3.89. The molecule has 0 aliphatic heterocycles. The van der Waals surface area contributed by atoms with E-state index in [-0.39, 0.29) is 6.61 Å². The van der Waals surface area contributed by atoms with Crippen molar-refractivity contribution in [1.29, 1.82) is 0 Å². The van der Waals surface area contributed by atoms with E-state index in [1.165, 1.54) is 12.3 Å². The van der Waals surface area contributed by atoms with Crippen LogP contribution in [-0.4, -0.2) is 24.6 Å². The lowest BCUT2D eigenvalue weighted by atomic mass is 10.1. The Labute approximate surface area is 236 Å². The maximum absolute atomic E-state index is 12.2. The quantitative estimate of drug-likeness (QED) is 0.107. The summed E-state index contributed by atoms with van der Waals surface area (Å²) in [5, 5.41) is 7.83. The van der Waals surface area contributed by atoms with E-state index in [4.69, 9.17) is 44.3 Å². The molecule has 0 radical (unpaired) electrons. The zero-order valence-corrected chi connectivity index (χ0v) is 22.9. The minimum absolute atomic E-state index is 0.262. The molecule has 0 unspecified atom stereocenters. The molecule has 0 aliphatic rings. The van der Waals surface area contributed by atoms with Crippen LogP contribution < -0.4 is 20.2 Å². The predicted molar refractivity (Wildman–Crippen MR) is 153 cm³/mol. The Morgan fingerprint density at radius 3 is 2.45 bits per heavy atom. The molecule has 0 bridgehead atoms. The van der Waals surface area contributed by atoms with E-state index in [2.05, 4.69) is 22.4 Å². The van der Waals surface area contributed by atoms with Crippen molar-refractivity contribution in [2.24, 2.45) is 5.10 Å². The summed E-state index contributed by atoms with van der Waals surface area (Å²) >= 11 is 18.1. The number of rotatable bonds is 12. The number of hydrazone groups is 1. The molecular weight excluding hydrogens is 549 g/mol. The lowest BCUT2D eigenvalue weighted by molar-refractivity contribution is -0.126. The fraction of sp³-hybridized carbons (Fsp3) is 0.179. The summed E-state index contributed by atoms with van der Waals surface area (Å²) in [6, 6.07) is 15.7. The van der Waals surface area contributed by atoms with E-state index < -0.39 is 18.2 Å². The van der Waals surface area contributed by atoms with E-state index in [1.54, 1.807) is 30.3 Å². The number of carbonyl (C=O) groups is 2. The third-order valence-corrected chi connectivity index (χ3v) is 6.18. The van der Waals surface area contributed by atoms with Crippen LogP contribution in [0.1, 0.15) is 30.0 Å². The van der Waals surface area contributed by atoms with Crippen LogP contribution in [0.2, 0.25) is 15.1 Å². The van der Waals surface area contributed by atoms with Gasteiger partial charge in [-0.05, 0) is 55.3 Å². The molecule has 198 valence electrons. The lowest BCUT2D eigenvalue weighted by Crippen LogP contribution is -2.24. The van der Waals surface area contributed by atoms with Gasteiger partial charge in [0.15, 0.2) is 11.5 Å². The molecule has 0 atom stereocenters. The van der Waals surface area contributed by atoms with Crippen LogP contribution in [0.4, 0.5) is 5.69 Å². The molecule has 0 spiro atoms. The molecule has 0 saturated carbocycles. The summed E-state index contributed by atoms with van der Waals surface area (Å²) in [4.78, 5) is 24.4. The standard InChI is InChI=1S/C28H26Cl3N3O4/c1-3-7-19-12-18(13-25(37-4-2)28(19)38-17-20-8-5-6-9-22(20)29)16-32-34-27(36)15-26(35)33-21-10-11-23(30)24(31)14-21/h3,5-6,8-14,16H,1,4,7,15,17H2,2H3,(H,33,35)(H,34,36). The second-order valence-electron chi connectivity index (χ2n) is 7.96. The van der Waals surface area contributed by atoms with Crippen LogP contribution >= 0.6 is 34.8 Å². The molecule has 2 N–H and O–H groups in total. The first kappa shape index (κ1) is 29.0. The van der Waals surface area contributed by atoms with Gasteiger partial charge in [-0.15, -0.1) is 6.58 Å². The number of amides is 2. The van der Waals surface area contributed by atoms with Crippen LogP contribution in [0, 0.1) is 0 Å². The second-order valence-corrected chi connectivity index (χ2v) is 9.18. The zero-order valence-electron chi connectivity index (χ0n) is 20.6. The Balaban J connectivity index is 1.67. The van der Waals surface area contributed by atoms with Gasteiger partial charge in [-0.2, -0.15) is 5.10 Å². The smallest absolute Gasteiger partial charge is 0.249 e. The Bertz CT molecular complexity index is 1340. The summed E-state index contributed by atoms with van der Waals surface area (Å²) in [5.74, 6) is -0.0163. The SMILES string of the molecule is C=CCc1cc(C=NNC(=O)CC(=O)Nc2ccc(Cl)c(Cl)c2)cc(OCC)c1OCc1ccccc1Cl.